The standard InChI is InChI=1S/C30H33NO5/c1-19(2)18-35-28-15-23(22-10-7-11-24(14-22)30(33)34)12-13-26(28)29-17-25(31-20(3)32)16-27(36-29)21-8-5-4-6-9-21/h4-15,19,25,27,29H,16-18H2,1-3H3,(H,31,32)(H,33,34)/t25-,27-,29+/m0/s1. The van der Waals surface area contributed by atoms with Gasteiger partial charge in [0, 0.05) is 18.5 Å². The fraction of sp³-hybridized carbons (Fsp3) is 0.333. The fourth-order valence-corrected chi connectivity index (χ4v) is 4.60. The van der Waals surface area contributed by atoms with Gasteiger partial charge in [-0.1, -0.05) is 68.4 Å². The highest BCUT2D eigenvalue weighted by atomic mass is 16.5. The zero-order chi connectivity index (χ0) is 25.7. The third-order valence-corrected chi connectivity index (χ3v) is 6.28. The third-order valence-electron chi connectivity index (χ3n) is 6.28. The monoisotopic (exact) mass is 487 g/mol. The maximum atomic E-state index is 11.9. The summed E-state index contributed by atoms with van der Waals surface area (Å²) in [7, 11) is 0. The van der Waals surface area contributed by atoms with Crippen LogP contribution in [0.4, 0.5) is 0 Å². The van der Waals surface area contributed by atoms with Crippen LogP contribution >= 0.6 is 0 Å². The van der Waals surface area contributed by atoms with Gasteiger partial charge >= 0.3 is 5.97 Å². The zero-order valence-electron chi connectivity index (χ0n) is 20.9. The van der Waals surface area contributed by atoms with Crippen LogP contribution in [-0.2, 0) is 9.53 Å². The molecule has 0 aromatic heterocycles. The summed E-state index contributed by atoms with van der Waals surface area (Å²) >= 11 is 0. The molecule has 1 heterocycles. The van der Waals surface area contributed by atoms with Crippen molar-refractivity contribution in [3.05, 3.63) is 89.5 Å². The van der Waals surface area contributed by atoms with Crippen LogP contribution < -0.4 is 10.1 Å². The van der Waals surface area contributed by atoms with Crippen LogP contribution in [-0.4, -0.2) is 29.6 Å². The summed E-state index contributed by atoms with van der Waals surface area (Å²) in [6, 6.07) is 22.8. The van der Waals surface area contributed by atoms with Crippen molar-refractivity contribution < 1.29 is 24.2 Å². The van der Waals surface area contributed by atoms with Gasteiger partial charge < -0.3 is 19.9 Å². The summed E-state index contributed by atoms with van der Waals surface area (Å²) in [5, 5.41) is 12.5. The second kappa shape index (κ2) is 11.4. The Morgan fingerprint density at radius 1 is 0.972 bits per heavy atom. The van der Waals surface area contributed by atoms with Crippen molar-refractivity contribution in [1.82, 2.24) is 5.32 Å². The van der Waals surface area contributed by atoms with Crippen molar-refractivity contribution >= 4 is 11.9 Å². The number of hydrogen-bond donors (Lipinski definition) is 2. The summed E-state index contributed by atoms with van der Waals surface area (Å²) < 4.78 is 12.9. The molecule has 0 unspecified atom stereocenters. The Kier molecular flexibility index (Phi) is 8.06. The molecule has 188 valence electrons. The van der Waals surface area contributed by atoms with Crippen molar-refractivity contribution in [2.24, 2.45) is 5.92 Å². The Morgan fingerprint density at radius 2 is 1.69 bits per heavy atom. The van der Waals surface area contributed by atoms with Crippen LogP contribution in [0.2, 0.25) is 0 Å². The first-order valence-corrected chi connectivity index (χ1v) is 12.4. The van der Waals surface area contributed by atoms with E-state index in [1.807, 2.05) is 54.6 Å². The lowest BCUT2D eigenvalue weighted by Crippen LogP contribution is -2.39. The van der Waals surface area contributed by atoms with Gasteiger partial charge in [0.1, 0.15) is 5.75 Å². The number of amides is 1. The Balaban J connectivity index is 1.70. The van der Waals surface area contributed by atoms with Gasteiger partial charge in [-0.15, -0.1) is 0 Å². The van der Waals surface area contributed by atoms with Crippen LogP contribution in [0.1, 0.15) is 67.3 Å². The Bertz CT molecular complexity index is 1210. The molecule has 6 nitrogen and oxygen atoms in total. The molecular formula is C30H33NO5. The highest BCUT2D eigenvalue weighted by Gasteiger charge is 2.33. The summed E-state index contributed by atoms with van der Waals surface area (Å²) in [4.78, 5) is 23.4. The van der Waals surface area contributed by atoms with E-state index in [2.05, 4.69) is 19.2 Å². The lowest BCUT2D eigenvalue weighted by molar-refractivity contribution is -0.122. The Morgan fingerprint density at radius 3 is 2.39 bits per heavy atom. The SMILES string of the molecule is CC(=O)N[C@H]1C[C@@H](c2ccccc2)O[C@@H](c2ccc(-c3cccc(C(=O)O)c3)cc2OCC(C)C)C1. The Hall–Kier alpha value is -3.64. The molecule has 4 rings (SSSR count). The van der Waals surface area contributed by atoms with Crippen LogP contribution in [0.3, 0.4) is 0 Å². The minimum absolute atomic E-state index is 0.0312. The van der Waals surface area contributed by atoms with Crippen molar-refractivity contribution in [1.29, 1.82) is 0 Å². The molecule has 0 bridgehead atoms. The first-order valence-electron chi connectivity index (χ1n) is 12.4. The molecule has 3 aromatic rings. The number of carboxylic acid groups (broad SMARTS) is 1. The third kappa shape index (κ3) is 6.32. The van der Waals surface area contributed by atoms with Gasteiger partial charge in [0.05, 0.1) is 24.4 Å². The summed E-state index contributed by atoms with van der Waals surface area (Å²) in [5.41, 5.74) is 3.91. The molecule has 0 spiro atoms. The molecule has 3 aromatic carbocycles. The predicted molar refractivity (Wildman–Crippen MR) is 139 cm³/mol. The van der Waals surface area contributed by atoms with Gasteiger partial charge in [0.25, 0.3) is 0 Å². The van der Waals surface area contributed by atoms with E-state index >= 15 is 0 Å². The molecule has 6 heteroatoms. The number of aromatic carboxylic acids is 1. The fourth-order valence-electron chi connectivity index (χ4n) is 4.60. The van der Waals surface area contributed by atoms with E-state index in [1.165, 1.54) is 0 Å². The topological polar surface area (TPSA) is 84.9 Å². The van der Waals surface area contributed by atoms with E-state index in [0.29, 0.717) is 31.1 Å². The minimum atomic E-state index is -0.962. The number of nitrogens with one attached hydrogen (secondary N) is 1. The second-order valence-corrected chi connectivity index (χ2v) is 9.74. The molecule has 0 saturated carbocycles. The molecule has 1 amide bonds. The maximum Gasteiger partial charge on any atom is 0.335 e. The Labute approximate surface area is 212 Å². The van der Waals surface area contributed by atoms with E-state index in [4.69, 9.17) is 9.47 Å². The molecule has 1 fully saturated rings. The predicted octanol–water partition coefficient (Wildman–Crippen LogP) is 6.18. The number of carbonyl (C=O) groups excluding carboxylic acids is 1. The summed E-state index contributed by atoms with van der Waals surface area (Å²) in [6.07, 6.45) is 0.894. The lowest BCUT2D eigenvalue weighted by atomic mass is 9.90. The van der Waals surface area contributed by atoms with Crippen molar-refractivity contribution in [3.63, 3.8) is 0 Å². The van der Waals surface area contributed by atoms with Gasteiger partial charge in [-0.05, 0) is 53.6 Å². The highest BCUT2D eigenvalue weighted by Crippen LogP contribution is 2.43. The first-order chi connectivity index (χ1) is 17.3. The molecule has 1 aliphatic rings. The molecule has 1 saturated heterocycles. The highest BCUT2D eigenvalue weighted by molar-refractivity contribution is 5.89. The number of benzene rings is 3. The van der Waals surface area contributed by atoms with Crippen molar-refractivity contribution in [2.45, 2.75) is 51.9 Å². The molecule has 0 aliphatic carbocycles. The number of carboxylic acids is 1. The van der Waals surface area contributed by atoms with Gasteiger partial charge in [-0.3, -0.25) is 4.79 Å². The zero-order valence-corrected chi connectivity index (χ0v) is 20.9. The average molecular weight is 488 g/mol. The number of rotatable bonds is 8. The normalized spacial score (nSPS) is 19.6. The van der Waals surface area contributed by atoms with Gasteiger partial charge in [-0.25, -0.2) is 4.79 Å². The molecule has 2 N–H and O–H groups in total. The van der Waals surface area contributed by atoms with E-state index in [9.17, 15) is 14.7 Å². The van der Waals surface area contributed by atoms with Crippen LogP contribution in [0.15, 0.2) is 72.8 Å². The second-order valence-electron chi connectivity index (χ2n) is 9.74. The quantitative estimate of drug-likeness (QED) is 0.396. The molecular weight excluding hydrogens is 454 g/mol. The number of hydrogen-bond acceptors (Lipinski definition) is 4. The molecule has 3 atom stereocenters. The number of carbonyl (C=O) groups is 2. The average Bonchev–Trinajstić information content (AvgIpc) is 2.87. The van der Waals surface area contributed by atoms with Crippen molar-refractivity contribution in [3.8, 4) is 16.9 Å². The van der Waals surface area contributed by atoms with Crippen LogP contribution in [0.25, 0.3) is 11.1 Å². The first kappa shape index (κ1) is 25.5. The smallest absolute Gasteiger partial charge is 0.335 e. The summed E-state index contributed by atoms with van der Waals surface area (Å²) in [6.45, 7) is 6.26. The maximum absolute atomic E-state index is 11.9. The van der Waals surface area contributed by atoms with E-state index in [1.54, 1.807) is 25.1 Å². The lowest BCUT2D eigenvalue weighted by Gasteiger charge is -2.37. The van der Waals surface area contributed by atoms with E-state index in [0.717, 1.165) is 22.3 Å². The van der Waals surface area contributed by atoms with Crippen LogP contribution in [0.5, 0.6) is 5.75 Å². The van der Waals surface area contributed by atoms with E-state index < -0.39 is 5.97 Å². The van der Waals surface area contributed by atoms with Gasteiger partial charge in [0.2, 0.25) is 5.91 Å². The van der Waals surface area contributed by atoms with Crippen molar-refractivity contribution in [2.75, 3.05) is 6.61 Å². The largest absolute Gasteiger partial charge is 0.493 e. The van der Waals surface area contributed by atoms with Crippen LogP contribution in [0, 0.1) is 5.92 Å². The molecule has 36 heavy (non-hydrogen) atoms. The summed E-state index contributed by atoms with van der Waals surface area (Å²) in [5.74, 6) is 0.0178. The van der Waals surface area contributed by atoms with E-state index in [-0.39, 0.29) is 29.7 Å². The number of ether oxygens (including phenoxy) is 2. The minimum Gasteiger partial charge on any atom is -0.493 e. The van der Waals surface area contributed by atoms with Gasteiger partial charge in [0.15, 0.2) is 0 Å². The molecule has 0 radical (unpaired) electrons. The molecule has 1 aliphatic heterocycles. The van der Waals surface area contributed by atoms with Gasteiger partial charge in [-0.2, -0.15) is 0 Å².